The van der Waals surface area contributed by atoms with E-state index in [0.717, 1.165) is 11.8 Å². The number of hydrogen-bond donors (Lipinski definition) is 2. The smallest absolute Gasteiger partial charge is 0.290 e. The number of sulfonamides is 1. The monoisotopic (exact) mass is 497 g/mol. The molecule has 1 aliphatic heterocycles. The first-order chi connectivity index (χ1) is 14.7. The number of imide groups is 1. The molecule has 1 aliphatic rings. The number of hydrogen-bond acceptors (Lipinski definition) is 7. The molecular weight excluding hydrogens is 485 g/mol. The van der Waals surface area contributed by atoms with Crippen molar-refractivity contribution in [3.8, 4) is 11.1 Å². The predicted octanol–water partition coefficient (Wildman–Crippen LogP) is 4.42. The molecule has 2 N–H and O–H groups in total. The third-order valence-corrected chi connectivity index (χ3v) is 7.55. The van der Waals surface area contributed by atoms with Crippen molar-refractivity contribution in [3.63, 3.8) is 0 Å². The molecule has 1 saturated heterocycles. The quantitative estimate of drug-likeness (QED) is 0.500. The zero-order valence-electron chi connectivity index (χ0n) is 15.7. The van der Waals surface area contributed by atoms with E-state index in [4.69, 9.17) is 27.6 Å². The maximum Gasteiger partial charge on any atom is 0.290 e. The second kappa shape index (κ2) is 8.29. The van der Waals surface area contributed by atoms with Gasteiger partial charge < -0.3 is 4.42 Å². The summed E-state index contributed by atoms with van der Waals surface area (Å²) in [5.41, 5.74) is 1.46. The molecule has 0 saturated carbocycles. The zero-order chi connectivity index (χ0) is 22.3. The minimum absolute atomic E-state index is 0.0492. The van der Waals surface area contributed by atoms with Crippen molar-refractivity contribution in [2.24, 2.45) is 0 Å². The molecule has 2 amide bonds. The number of benzene rings is 1. The van der Waals surface area contributed by atoms with Crippen molar-refractivity contribution in [1.82, 2.24) is 15.0 Å². The lowest BCUT2D eigenvalue weighted by atomic mass is 10.1. The summed E-state index contributed by atoms with van der Waals surface area (Å²) in [6.07, 6.45) is 4.56. The highest BCUT2D eigenvalue weighted by Crippen LogP contribution is 2.38. The maximum atomic E-state index is 12.4. The van der Waals surface area contributed by atoms with Crippen molar-refractivity contribution in [2.75, 3.05) is 6.54 Å². The molecule has 2 aromatic heterocycles. The summed E-state index contributed by atoms with van der Waals surface area (Å²) < 4.78 is 33.0. The van der Waals surface area contributed by atoms with Gasteiger partial charge in [-0.15, -0.1) is 0 Å². The predicted molar refractivity (Wildman–Crippen MR) is 119 cm³/mol. The van der Waals surface area contributed by atoms with E-state index in [1.54, 1.807) is 19.2 Å². The lowest BCUT2D eigenvalue weighted by Crippen LogP contribution is -2.23. The van der Waals surface area contributed by atoms with E-state index in [0.29, 0.717) is 27.9 Å². The Morgan fingerprint density at radius 3 is 2.52 bits per heavy atom. The Kier molecular flexibility index (Phi) is 5.84. The van der Waals surface area contributed by atoms with Crippen molar-refractivity contribution < 1.29 is 22.4 Å². The van der Waals surface area contributed by atoms with Gasteiger partial charge in [-0.1, -0.05) is 30.1 Å². The lowest BCUT2D eigenvalue weighted by molar-refractivity contribution is -0.115. The van der Waals surface area contributed by atoms with Gasteiger partial charge in [0.05, 0.1) is 15.0 Å². The first-order valence-electron chi connectivity index (χ1n) is 8.81. The number of halogens is 2. The number of fused-ring (bicyclic) bond motifs is 1. The minimum atomic E-state index is -3.86. The van der Waals surface area contributed by atoms with Crippen molar-refractivity contribution in [1.29, 1.82) is 0 Å². The second-order valence-electron chi connectivity index (χ2n) is 6.38. The summed E-state index contributed by atoms with van der Waals surface area (Å²) in [5, 5.41) is 2.26. The summed E-state index contributed by atoms with van der Waals surface area (Å²) in [6, 6.07) is 4.60. The normalized spacial score (nSPS) is 15.8. The zero-order valence-corrected chi connectivity index (χ0v) is 18.9. The van der Waals surface area contributed by atoms with E-state index in [1.165, 1.54) is 24.4 Å². The number of amides is 2. The lowest BCUT2D eigenvalue weighted by Gasteiger charge is -2.11. The van der Waals surface area contributed by atoms with E-state index in [1.807, 2.05) is 0 Å². The van der Waals surface area contributed by atoms with Crippen molar-refractivity contribution in [2.45, 2.75) is 11.8 Å². The molecule has 8 nitrogen and oxygen atoms in total. The van der Waals surface area contributed by atoms with Crippen LogP contribution < -0.4 is 10.0 Å². The van der Waals surface area contributed by atoms with E-state index in [-0.39, 0.29) is 26.4 Å². The standard InChI is InChI=1S/C19H13Cl2N3O5S2/c1-2-23-31(27,28)17-13(20)4-9(5-14(17)21)12-8-22-7-10-3-11(29-16(10)12)6-15-18(25)24-19(26)30-15/h3-8,23H,2H2,1H3,(H,24,25,26)/b15-6+. The number of pyridine rings is 1. The molecule has 3 aromatic rings. The van der Waals surface area contributed by atoms with Crippen molar-refractivity contribution >= 4 is 73.2 Å². The third kappa shape index (κ3) is 4.21. The van der Waals surface area contributed by atoms with Crippen LogP contribution in [0.25, 0.3) is 28.2 Å². The summed E-state index contributed by atoms with van der Waals surface area (Å²) in [4.78, 5) is 27.3. The Morgan fingerprint density at radius 2 is 1.90 bits per heavy atom. The molecular formula is C19H13Cl2N3O5S2. The number of aromatic nitrogens is 1. The largest absolute Gasteiger partial charge is 0.456 e. The van der Waals surface area contributed by atoms with Crippen LogP contribution in [-0.4, -0.2) is 31.1 Å². The van der Waals surface area contributed by atoms with Gasteiger partial charge in [0, 0.05) is 36.0 Å². The average molecular weight is 498 g/mol. The van der Waals surface area contributed by atoms with Gasteiger partial charge in [-0.05, 0) is 35.5 Å². The summed E-state index contributed by atoms with van der Waals surface area (Å²) in [6.45, 7) is 1.83. The highest BCUT2D eigenvalue weighted by atomic mass is 35.5. The SMILES string of the molecule is CCNS(=O)(=O)c1c(Cl)cc(-c2cncc3cc(/C=C4/SC(=O)NC4=O)oc23)cc1Cl. The van der Waals surface area contributed by atoms with Gasteiger partial charge in [-0.2, -0.15) is 0 Å². The number of carbonyl (C=O) groups is 2. The number of carbonyl (C=O) groups excluding carboxylic acids is 2. The van der Waals surface area contributed by atoms with Crippen LogP contribution in [0.15, 0.2) is 44.8 Å². The van der Waals surface area contributed by atoms with Crippen LogP contribution in [0.5, 0.6) is 0 Å². The molecule has 31 heavy (non-hydrogen) atoms. The van der Waals surface area contributed by atoms with Crippen molar-refractivity contribution in [3.05, 3.63) is 51.3 Å². The van der Waals surface area contributed by atoms with Gasteiger partial charge in [0.15, 0.2) is 0 Å². The summed E-state index contributed by atoms with van der Waals surface area (Å²) in [7, 11) is -3.86. The first kappa shape index (κ1) is 21.8. The van der Waals surface area contributed by atoms with Crippen LogP contribution in [0.2, 0.25) is 10.0 Å². The van der Waals surface area contributed by atoms with Crippen LogP contribution in [0.4, 0.5) is 4.79 Å². The molecule has 3 heterocycles. The van der Waals surface area contributed by atoms with Gasteiger partial charge in [0.25, 0.3) is 11.1 Å². The molecule has 4 rings (SSSR count). The maximum absolute atomic E-state index is 12.4. The molecule has 12 heteroatoms. The number of thioether (sulfide) groups is 1. The Hall–Kier alpha value is -2.37. The fourth-order valence-corrected chi connectivity index (χ4v) is 5.96. The Morgan fingerprint density at radius 1 is 1.19 bits per heavy atom. The Labute approximate surface area is 191 Å². The number of nitrogens with zero attached hydrogens (tertiary/aromatic N) is 1. The molecule has 0 atom stereocenters. The van der Waals surface area contributed by atoms with Gasteiger partial charge >= 0.3 is 0 Å². The molecule has 0 aliphatic carbocycles. The molecule has 0 spiro atoms. The molecule has 0 bridgehead atoms. The minimum Gasteiger partial charge on any atom is -0.456 e. The Balaban J connectivity index is 1.81. The second-order valence-corrected chi connectivity index (χ2v) is 9.91. The highest BCUT2D eigenvalue weighted by molar-refractivity contribution is 8.18. The van der Waals surface area contributed by atoms with E-state index < -0.39 is 21.2 Å². The van der Waals surface area contributed by atoms with E-state index in [9.17, 15) is 18.0 Å². The molecule has 0 radical (unpaired) electrons. The average Bonchev–Trinajstić information content (AvgIpc) is 3.22. The first-order valence-corrected chi connectivity index (χ1v) is 11.9. The molecule has 1 fully saturated rings. The summed E-state index contributed by atoms with van der Waals surface area (Å²) in [5.74, 6) is -0.148. The van der Waals surface area contributed by atoms with Crippen LogP contribution >= 0.6 is 35.0 Å². The van der Waals surface area contributed by atoms with Crippen LogP contribution in [0.3, 0.4) is 0 Å². The van der Waals surface area contributed by atoms with E-state index >= 15 is 0 Å². The molecule has 160 valence electrons. The third-order valence-electron chi connectivity index (χ3n) is 4.27. The number of nitrogens with one attached hydrogen (secondary N) is 2. The number of rotatable bonds is 5. The summed E-state index contributed by atoms with van der Waals surface area (Å²) >= 11 is 13.3. The van der Waals surface area contributed by atoms with Gasteiger partial charge in [0.2, 0.25) is 10.0 Å². The fourth-order valence-electron chi connectivity index (χ4n) is 3.04. The Bertz CT molecular complexity index is 1360. The topological polar surface area (TPSA) is 118 Å². The van der Waals surface area contributed by atoms with Gasteiger partial charge in [-0.3, -0.25) is 19.9 Å². The van der Waals surface area contributed by atoms with Crippen LogP contribution in [0.1, 0.15) is 12.7 Å². The highest BCUT2D eigenvalue weighted by Gasteiger charge is 2.26. The molecule has 0 unspecified atom stereocenters. The van der Waals surface area contributed by atoms with Gasteiger partial charge in [-0.25, -0.2) is 13.1 Å². The fraction of sp³-hybridized carbons (Fsp3) is 0.105. The van der Waals surface area contributed by atoms with Crippen LogP contribution in [0, 0.1) is 0 Å². The van der Waals surface area contributed by atoms with E-state index in [2.05, 4.69) is 15.0 Å². The number of furan rings is 1. The van der Waals surface area contributed by atoms with Gasteiger partial charge in [0.1, 0.15) is 16.2 Å². The van der Waals surface area contributed by atoms with Crippen LogP contribution in [-0.2, 0) is 14.8 Å². The molecule has 1 aromatic carbocycles.